The van der Waals surface area contributed by atoms with Gasteiger partial charge in [0.25, 0.3) is 0 Å². The number of hydrogen-bond acceptors (Lipinski definition) is 4. The van der Waals surface area contributed by atoms with Gasteiger partial charge in [-0.25, -0.2) is 9.59 Å². The Morgan fingerprint density at radius 1 is 0.279 bits per heavy atom. The second-order valence-corrected chi connectivity index (χ2v) is 27.4. The number of ether oxygens (including phenoxy) is 2. The van der Waals surface area contributed by atoms with Crippen molar-refractivity contribution >= 4 is 148 Å². The highest BCUT2D eigenvalue weighted by atomic mass is 127. The van der Waals surface area contributed by atoms with E-state index in [1.165, 1.54) is 42.5 Å². The Morgan fingerprint density at radius 3 is 0.928 bits per heavy atom. The van der Waals surface area contributed by atoms with Gasteiger partial charge >= 0.3 is 114 Å². The Hall–Kier alpha value is -4.38. The van der Waals surface area contributed by atoms with Crippen LogP contribution in [-0.4, -0.2) is 96.7 Å². The maximum absolute atomic E-state index is 13.8. The largest absolute Gasteiger partial charge is 0.462 e. The minimum absolute atomic E-state index is 0.117. The van der Waals surface area contributed by atoms with Gasteiger partial charge in [0, 0.05) is 17.9 Å². The van der Waals surface area contributed by atoms with Crippen LogP contribution in [0.2, 0.25) is 10.0 Å². The van der Waals surface area contributed by atoms with Crippen LogP contribution in [0.4, 0.5) is 180 Å². The molecule has 6 aromatic rings. The number of carbonyl (C=O) groups excluding carboxylic acids is 2. The molecule has 0 saturated heterocycles. The third kappa shape index (κ3) is 27.1. The molecule has 626 valence electrons. The van der Waals surface area contributed by atoms with Crippen molar-refractivity contribution in [1.82, 2.24) is 0 Å². The predicted octanol–water partition coefficient (Wildman–Crippen LogP) is 28.1. The number of benzene rings is 6. The zero-order valence-electron chi connectivity index (χ0n) is 51.8. The lowest BCUT2D eigenvalue weighted by atomic mass is 9.93. The molecule has 0 heterocycles. The lowest BCUT2D eigenvalue weighted by Gasteiger charge is -2.39. The lowest BCUT2D eigenvalue weighted by Crippen LogP contribution is -2.70. The number of esters is 2. The van der Waals surface area contributed by atoms with E-state index in [1.807, 2.05) is 67.8 Å². The van der Waals surface area contributed by atoms with Gasteiger partial charge in [0.05, 0.1) is 75.0 Å². The van der Waals surface area contributed by atoms with Crippen LogP contribution in [0.3, 0.4) is 0 Å². The average molecular weight is 2290 g/mol. The third-order valence-corrected chi connectivity index (χ3v) is 18.1. The molecule has 6 aromatic carbocycles. The van der Waals surface area contributed by atoms with Gasteiger partial charge in [-0.1, -0.05) is 47.5 Å². The predicted molar refractivity (Wildman–Crippen MR) is 349 cm³/mol. The second-order valence-electron chi connectivity index (χ2n) is 20.6. The molecule has 0 saturated carbocycles. The number of alkyl halides is 41. The smallest absolute Gasteiger partial charge is 0.460 e. The first-order chi connectivity index (χ1) is 49.3. The van der Waals surface area contributed by atoms with Crippen LogP contribution in [0, 0.1) is 17.9 Å². The summed E-state index contributed by atoms with van der Waals surface area (Å²) in [5.74, 6) is -82.0. The molecule has 0 aromatic heterocycles. The average Bonchev–Trinajstić information content (AvgIpc) is 0.716. The summed E-state index contributed by atoms with van der Waals surface area (Å²) in [5, 5.41) is 0.467. The molecule has 111 heavy (non-hydrogen) atoms. The van der Waals surface area contributed by atoms with Crippen LogP contribution in [0.5, 0.6) is 0 Å². The van der Waals surface area contributed by atoms with Crippen LogP contribution >= 0.6 is 136 Å². The van der Waals surface area contributed by atoms with Crippen LogP contribution in [0.1, 0.15) is 61.4 Å². The molecule has 0 N–H and O–H groups in total. The molecule has 0 radical (unpaired) electrons. The van der Waals surface area contributed by atoms with E-state index >= 15 is 0 Å². The van der Waals surface area contributed by atoms with Crippen LogP contribution < -0.4 is 0 Å². The van der Waals surface area contributed by atoms with Crippen LogP contribution in [-0.2, 0) is 40.4 Å². The monoisotopic (exact) mass is 2290 g/mol. The molecule has 0 spiro atoms. The van der Waals surface area contributed by atoms with Crippen molar-refractivity contribution in [2.24, 2.45) is 0 Å². The van der Waals surface area contributed by atoms with E-state index in [2.05, 4.69) is 9.47 Å². The van der Waals surface area contributed by atoms with Crippen molar-refractivity contribution in [2.75, 3.05) is 13.2 Å². The molecule has 6 rings (SSSR count). The van der Waals surface area contributed by atoms with E-state index in [0.29, 0.717) is 33.9 Å². The van der Waals surface area contributed by atoms with E-state index < -0.39 is 179 Å². The van der Waals surface area contributed by atoms with Crippen molar-refractivity contribution in [3.63, 3.8) is 0 Å². The molecule has 4 nitrogen and oxygen atoms in total. The highest BCUT2D eigenvalue weighted by Gasteiger charge is 2.92. The summed E-state index contributed by atoms with van der Waals surface area (Å²) in [5.41, 5.74) is -5.50. The first-order valence-electron chi connectivity index (χ1n) is 27.2. The summed E-state index contributed by atoms with van der Waals surface area (Å²) < 4.78 is 532. The number of halogens is 48. The fraction of sp³-hybridized carbons (Fsp3) is 0.356. The summed E-state index contributed by atoms with van der Waals surface area (Å²) in [4.78, 5) is 24.0. The fourth-order valence-electron chi connectivity index (χ4n) is 6.74. The first-order valence-corrected chi connectivity index (χ1v) is 33.3. The minimum atomic E-state index is -8.23. The van der Waals surface area contributed by atoms with Gasteiger partial charge in [-0.05, 0) is 222 Å². The maximum atomic E-state index is 13.8. The minimum Gasteiger partial charge on any atom is -0.462 e. The molecule has 0 aliphatic carbocycles. The zero-order chi connectivity index (χ0) is 87.5. The van der Waals surface area contributed by atoms with E-state index in [9.17, 15) is 190 Å². The van der Waals surface area contributed by atoms with E-state index in [1.54, 1.807) is 57.3 Å². The van der Waals surface area contributed by atoms with Crippen molar-refractivity contribution in [3.05, 3.63) is 200 Å². The van der Waals surface area contributed by atoms with Crippen molar-refractivity contribution in [1.29, 1.82) is 0 Å². The topological polar surface area (TPSA) is 52.6 Å². The molecule has 0 atom stereocenters. The Kier molecular flexibility index (Phi) is 36.1. The zero-order valence-corrected chi connectivity index (χ0v) is 64.1. The van der Waals surface area contributed by atoms with Gasteiger partial charge < -0.3 is 9.47 Å². The standard InChI is InChI=1S/C24H12F26O4.2C7H3ClF3I.3C7H4F3I/c25-13(26,15(29,30)17(33,34)19(37,38)21(41,42)23(45,46)47)4-6-53-11(51)9-2-1-3-10(8-9)12(52)54-7-5-14(27,28)16(31,32)18(35,36)20(39,40)22(43,44)24(48,49)50;8-5-3-4(7(9,10)11)1-2-6(5)12;8-5-2-1-4(3-6(5)12)7(9,10)11;8-7(9,10)5-1-3-6(11)4-2-5;8-7(9,10)5-2-1-3-6(11)4-5;8-7(9,10)5-3-1-2-4-6(5)11/h1-3,8H,4-7H2;2*1-3H;3*1-4H. The van der Waals surface area contributed by atoms with Gasteiger partial charge in [-0.15, -0.1) is 0 Å². The van der Waals surface area contributed by atoms with Crippen molar-refractivity contribution in [2.45, 2.75) is 115 Å². The molecule has 52 heteroatoms. The molecule has 0 aliphatic heterocycles. The highest BCUT2D eigenvalue weighted by molar-refractivity contribution is 14.1. The maximum Gasteiger partial charge on any atom is 0.460 e. The summed E-state index contributed by atoms with van der Waals surface area (Å²) in [6.07, 6.45) is -42.7. The Labute approximate surface area is 670 Å². The fourth-order valence-corrected chi connectivity index (χ4v) is 9.49. The SMILES string of the molecule is FC(F)(F)c1ccc(Cl)c(I)c1.FC(F)(F)c1ccc(I)c(Cl)c1.FC(F)(F)c1ccc(I)cc1.FC(F)(F)c1cccc(I)c1.FC(F)(F)c1ccccc1I.O=C(OCCC(F)(F)C(F)(F)C(F)(F)C(F)(F)C(F)(F)C(F)(F)F)c1cccc(C(=O)OCCC(F)(F)C(F)(F)C(F)(F)C(F)(F)C(F)(F)C(F)(F)F)c1. The van der Waals surface area contributed by atoms with Crippen LogP contribution in [0.15, 0.2) is 133 Å². The van der Waals surface area contributed by atoms with Crippen molar-refractivity contribution in [3.8, 4) is 0 Å². The Balaban J connectivity index is 0.000000843. The number of carbonyl (C=O) groups is 2. The summed E-state index contributed by atoms with van der Waals surface area (Å²) in [7, 11) is 0. The Bertz CT molecular complexity index is 3870. The van der Waals surface area contributed by atoms with Crippen molar-refractivity contribution < 1.29 is 199 Å². The number of rotatable bonds is 16. The van der Waals surface area contributed by atoms with Gasteiger partial charge in [0.2, 0.25) is 0 Å². The first kappa shape index (κ1) is 105. The highest BCUT2D eigenvalue weighted by Crippen LogP contribution is 2.63. The lowest BCUT2D eigenvalue weighted by molar-refractivity contribution is -0.440. The normalized spacial score (nSPS) is 13.4. The van der Waals surface area contributed by atoms with Gasteiger partial charge in [0.1, 0.15) is 0 Å². The molecular weight excluding hydrogens is 2260 g/mol. The molecule has 0 aliphatic rings. The van der Waals surface area contributed by atoms with E-state index in [-0.39, 0.29) is 14.7 Å². The molecule has 0 amide bonds. The Morgan fingerprint density at radius 2 is 0.613 bits per heavy atom. The molecular formula is C59H30Cl2F41I5O4. The summed E-state index contributed by atoms with van der Waals surface area (Å²) in [6.45, 7) is -4.59. The van der Waals surface area contributed by atoms with E-state index in [0.717, 1.165) is 58.2 Å². The summed E-state index contributed by atoms with van der Waals surface area (Å²) >= 11 is 20.2. The van der Waals surface area contributed by atoms with Gasteiger partial charge in [-0.3, -0.25) is 0 Å². The second kappa shape index (κ2) is 38.4. The van der Waals surface area contributed by atoms with Gasteiger partial charge in [-0.2, -0.15) is 180 Å². The summed E-state index contributed by atoms with van der Waals surface area (Å²) in [6, 6.07) is 23.7. The quantitative estimate of drug-likeness (QED) is 0.0550. The van der Waals surface area contributed by atoms with Gasteiger partial charge in [0.15, 0.2) is 0 Å². The molecule has 0 unspecified atom stereocenters. The van der Waals surface area contributed by atoms with Crippen LogP contribution in [0.25, 0.3) is 0 Å². The number of hydrogen-bond donors (Lipinski definition) is 0. The third-order valence-electron chi connectivity index (χ3n) is 12.6. The van der Waals surface area contributed by atoms with E-state index in [4.69, 9.17) is 23.2 Å². The molecule has 0 fully saturated rings. The molecule has 0 bridgehead atoms.